The first-order valence-corrected chi connectivity index (χ1v) is 8.39. The third kappa shape index (κ3) is 4.66. The van der Waals surface area contributed by atoms with Gasteiger partial charge in [0.2, 0.25) is 0 Å². The maximum Gasteiger partial charge on any atom is 0.338 e. The van der Waals surface area contributed by atoms with Crippen LogP contribution >= 0.6 is 0 Å². The van der Waals surface area contributed by atoms with Gasteiger partial charge in [-0.15, -0.1) is 6.42 Å². The van der Waals surface area contributed by atoms with E-state index in [2.05, 4.69) is 11.2 Å². The molecule has 1 aromatic carbocycles. The van der Waals surface area contributed by atoms with Crippen LogP contribution < -0.4 is 14.8 Å². The molecule has 0 bridgehead atoms. The molecule has 0 atom stereocenters. The zero-order valence-electron chi connectivity index (χ0n) is 14.6. The highest BCUT2D eigenvalue weighted by Gasteiger charge is 2.26. The van der Waals surface area contributed by atoms with Crippen molar-refractivity contribution in [2.24, 2.45) is 0 Å². The fourth-order valence-corrected chi connectivity index (χ4v) is 2.47. The molecule has 1 amide bonds. The number of terminal acetylenes is 1. The molecule has 1 aliphatic rings. The van der Waals surface area contributed by atoms with Gasteiger partial charge in [-0.05, 0) is 31.0 Å². The first-order valence-electron chi connectivity index (χ1n) is 8.39. The van der Waals surface area contributed by atoms with E-state index in [0.717, 1.165) is 6.42 Å². The van der Waals surface area contributed by atoms with Crippen molar-refractivity contribution in [2.75, 3.05) is 19.8 Å². The largest absolute Gasteiger partial charge is 0.490 e. The van der Waals surface area contributed by atoms with Gasteiger partial charge >= 0.3 is 5.97 Å². The maximum absolute atomic E-state index is 12.2. The molecule has 134 valence electrons. The van der Waals surface area contributed by atoms with Crippen LogP contribution in [0.25, 0.3) is 0 Å². The molecule has 1 aromatic rings. The first-order chi connectivity index (χ1) is 12.0. The van der Waals surface area contributed by atoms with Crippen LogP contribution in [0, 0.1) is 12.3 Å². The highest BCUT2D eigenvalue weighted by Crippen LogP contribution is 2.30. The van der Waals surface area contributed by atoms with E-state index in [1.807, 2.05) is 13.8 Å². The number of hydrogen-bond donors (Lipinski definition) is 1. The molecular weight excluding hydrogens is 322 g/mol. The van der Waals surface area contributed by atoms with E-state index in [1.54, 1.807) is 18.2 Å². The summed E-state index contributed by atoms with van der Waals surface area (Å²) in [6.07, 6.45) is 7.48. The van der Waals surface area contributed by atoms with Crippen LogP contribution in [0.15, 0.2) is 18.2 Å². The van der Waals surface area contributed by atoms with Gasteiger partial charge < -0.3 is 19.5 Å². The summed E-state index contributed by atoms with van der Waals surface area (Å²) in [7, 11) is 0. The molecule has 0 spiro atoms. The SMILES string of the molecule is C#CC(CC)(CC)NC(=O)COC(=O)c1ccc2c(c1)OCCCO2. The van der Waals surface area contributed by atoms with Crippen molar-refractivity contribution in [3.05, 3.63) is 23.8 Å². The van der Waals surface area contributed by atoms with Crippen LogP contribution in [0.4, 0.5) is 0 Å². The van der Waals surface area contributed by atoms with Gasteiger partial charge in [-0.1, -0.05) is 19.8 Å². The molecule has 0 saturated carbocycles. The van der Waals surface area contributed by atoms with Gasteiger partial charge in [0, 0.05) is 6.42 Å². The standard InChI is InChI=1S/C19H23NO5/c1-4-19(5-2,6-3)20-17(21)13-25-18(22)14-8-9-15-16(12-14)24-11-7-10-23-15/h1,8-9,12H,5-7,10-11,13H2,2-3H3,(H,20,21). The van der Waals surface area contributed by atoms with Crippen molar-refractivity contribution >= 4 is 11.9 Å². The molecule has 0 radical (unpaired) electrons. The van der Waals surface area contributed by atoms with E-state index >= 15 is 0 Å². The molecule has 0 saturated heterocycles. The molecule has 1 heterocycles. The maximum atomic E-state index is 12.2. The zero-order valence-corrected chi connectivity index (χ0v) is 14.6. The number of rotatable bonds is 6. The third-order valence-electron chi connectivity index (χ3n) is 4.18. The second kappa shape index (κ2) is 8.43. The lowest BCUT2D eigenvalue weighted by Crippen LogP contribution is -2.48. The fourth-order valence-electron chi connectivity index (χ4n) is 2.47. The van der Waals surface area contributed by atoms with Gasteiger partial charge in [-0.25, -0.2) is 4.79 Å². The van der Waals surface area contributed by atoms with Crippen molar-refractivity contribution in [1.29, 1.82) is 0 Å². The number of carbonyl (C=O) groups excluding carboxylic acids is 2. The summed E-state index contributed by atoms with van der Waals surface area (Å²) < 4.78 is 16.1. The predicted octanol–water partition coefficient (Wildman–Crippen LogP) is 2.31. The Hall–Kier alpha value is -2.68. The quantitative estimate of drug-likeness (QED) is 0.633. The molecule has 1 N–H and O–H groups in total. The van der Waals surface area contributed by atoms with Crippen molar-refractivity contribution < 1.29 is 23.8 Å². The Morgan fingerprint density at radius 2 is 1.92 bits per heavy atom. The first kappa shape index (κ1) is 18.7. The number of esters is 1. The highest BCUT2D eigenvalue weighted by molar-refractivity contribution is 5.92. The number of nitrogens with one attached hydrogen (secondary N) is 1. The van der Waals surface area contributed by atoms with Crippen molar-refractivity contribution in [1.82, 2.24) is 5.32 Å². The van der Waals surface area contributed by atoms with Gasteiger partial charge in [-0.2, -0.15) is 0 Å². The summed E-state index contributed by atoms with van der Waals surface area (Å²) in [4.78, 5) is 24.2. The minimum absolute atomic E-state index is 0.297. The molecular formula is C19H23NO5. The number of fused-ring (bicyclic) bond motifs is 1. The monoisotopic (exact) mass is 345 g/mol. The Labute approximate surface area is 147 Å². The molecule has 0 aliphatic carbocycles. The molecule has 0 fully saturated rings. The minimum atomic E-state index is -0.710. The normalized spacial score (nSPS) is 13.3. The van der Waals surface area contributed by atoms with Gasteiger partial charge in [-0.3, -0.25) is 4.79 Å². The van der Waals surface area contributed by atoms with E-state index < -0.39 is 24.0 Å². The van der Waals surface area contributed by atoms with Gasteiger partial charge in [0.15, 0.2) is 18.1 Å². The number of amides is 1. The van der Waals surface area contributed by atoms with Crippen molar-refractivity contribution in [3.63, 3.8) is 0 Å². The summed E-state index contributed by atoms with van der Waals surface area (Å²) >= 11 is 0. The van der Waals surface area contributed by atoms with Crippen LogP contribution in [0.2, 0.25) is 0 Å². The van der Waals surface area contributed by atoms with Crippen LogP contribution in [0.3, 0.4) is 0 Å². The number of hydrogen-bond acceptors (Lipinski definition) is 5. The van der Waals surface area contributed by atoms with Crippen molar-refractivity contribution in [2.45, 2.75) is 38.6 Å². The van der Waals surface area contributed by atoms with Crippen LogP contribution in [-0.2, 0) is 9.53 Å². The second-order valence-corrected chi connectivity index (χ2v) is 5.77. The fraction of sp³-hybridized carbons (Fsp3) is 0.474. The third-order valence-corrected chi connectivity index (χ3v) is 4.18. The lowest BCUT2D eigenvalue weighted by molar-refractivity contribution is -0.125. The lowest BCUT2D eigenvalue weighted by atomic mass is 9.94. The summed E-state index contributed by atoms with van der Waals surface area (Å²) in [6.45, 7) is 4.50. The van der Waals surface area contributed by atoms with E-state index in [9.17, 15) is 9.59 Å². The summed E-state index contributed by atoms with van der Waals surface area (Å²) in [6, 6.07) is 4.80. The highest BCUT2D eigenvalue weighted by atomic mass is 16.5. The molecule has 0 unspecified atom stereocenters. The summed E-state index contributed by atoms with van der Waals surface area (Å²) in [5.74, 6) is 2.66. The average molecular weight is 345 g/mol. The molecule has 1 aliphatic heterocycles. The lowest BCUT2D eigenvalue weighted by Gasteiger charge is -2.26. The minimum Gasteiger partial charge on any atom is -0.490 e. The van der Waals surface area contributed by atoms with E-state index in [0.29, 0.717) is 43.1 Å². The van der Waals surface area contributed by atoms with Crippen LogP contribution in [0.1, 0.15) is 43.5 Å². The summed E-state index contributed by atoms with van der Waals surface area (Å²) in [5, 5.41) is 2.75. The van der Waals surface area contributed by atoms with E-state index in [1.165, 1.54) is 0 Å². The number of carbonyl (C=O) groups is 2. The van der Waals surface area contributed by atoms with E-state index in [4.69, 9.17) is 20.6 Å². The Morgan fingerprint density at radius 1 is 1.24 bits per heavy atom. The molecule has 6 heteroatoms. The van der Waals surface area contributed by atoms with E-state index in [-0.39, 0.29) is 0 Å². The number of ether oxygens (including phenoxy) is 3. The van der Waals surface area contributed by atoms with Crippen LogP contribution in [-0.4, -0.2) is 37.2 Å². The predicted molar refractivity (Wildman–Crippen MR) is 92.6 cm³/mol. The van der Waals surface area contributed by atoms with Gasteiger partial charge in [0.1, 0.15) is 5.54 Å². The molecule has 25 heavy (non-hydrogen) atoms. The topological polar surface area (TPSA) is 73.9 Å². The average Bonchev–Trinajstić information content (AvgIpc) is 2.89. The molecule has 6 nitrogen and oxygen atoms in total. The number of benzene rings is 1. The van der Waals surface area contributed by atoms with Crippen molar-refractivity contribution in [3.8, 4) is 23.8 Å². The van der Waals surface area contributed by atoms with Crippen LogP contribution in [0.5, 0.6) is 11.5 Å². The van der Waals surface area contributed by atoms with Gasteiger partial charge in [0.25, 0.3) is 5.91 Å². The summed E-state index contributed by atoms with van der Waals surface area (Å²) in [5.41, 5.74) is -0.412. The Bertz CT molecular complexity index is 673. The molecule has 0 aromatic heterocycles. The second-order valence-electron chi connectivity index (χ2n) is 5.77. The zero-order chi connectivity index (χ0) is 18.3. The van der Waals surface area contributed by atoms with Gasteiger partial charge in [0.05, 0.1) is 18.8 Å². The Balaban J connectivity index is 1.95. The Morgan fingerprint density at radius 3 is 2.56 bits per heavy atom. The smallest absolute Gasteiger partial charge is 0.338 e. The molecule has 2 rings (SSSR count). The Kier molecular flexibility index (Phi) is 6.29.